The van der Waals surface area contributed by atoms with Gasteiger partial charge in [0, 0.05) is 12.6 Å². The maximum absolute atomic E-state index is 5.98. The summed E-state index contributed by atoms with van der Waals surface area (Å²) in [6.45, 7) is 2.96. The Labute approximate surface area is 127 Å². The predicted octanol–water partition coefficient (Wildman–Crippen LogP) is 2.57. The minimum atomic E-state index is -0.314. The molecule has 1 saturated carbocycles. The highest BCUT2D eigenvalue weighted by atomic mass is 16.7. The van der Waals surface area contributed by atoms with Gasteiger partial charge >= 0.3 is 0 Å². The molecule has 116 valence electrons. The lowest BCUT2D eigenvalue weighted by atomic mass is 9.94. The van der Waals surface area contributed by atoms with Crippen LogP contribution in [0.25, 0.3) is 0 Å². The van der Waals surface area contributed by atoms with Gasteiger partial charge in [0.25, 0.3) is 0 Å². The SMILES string of the molecule is CN(C1CCCCC1)C1CNC(C)(c2ccccc2)NO1. The van der Waals surface area contributed by atoms with Gasteiger partial charge in [-0.3, -0.25) is 15.1 Å². The van der Waals surface area contributed by atoms with Crippen molar-refractivity contribution in [3.63, 3.8) is 0 Å². The van der Waals surface area contributed by atoms with Crippen molar-refractivity contribution in [2.75, 3.05) is 13.6 Å². The van der Waals surface area contributed by atoms with E-state index < -0.39 is 0 Å². The first kappa shape index (κ1) is 15.0. The Kier molecular flexibility index (Phi) is 4.60. The van der Waals surface area contributed by atoms with Gasteiger partial charge in [0.2, 0.25) is 0 Å². The number of rotatable bonds is 3. The molecule has 2 unspecified atom stereocenters. The van der Waals surface area contributed by atoms with E-state index in [2.05, 4.69) is 53.9 Å². The van der Waals surface area contributed by atoms with Crippen molar-refractivity contribution in [2.45, 2.75) is 57.0 Å². The van der Waals surface area contributed by atoms with Crippen LogP contribution in [0.1, 0.15) is 44.6 Å². The van der Waals surface area contributed by atoms with Crippen LogP contribution in [0.2, 0.25) is 0 Å². The molecule has 2 atom stereocenters. The first-order chi connectivity index (χ1) is 10.2. The van der Waals surface area contributed by atoms with E-state index in [1.54, 1.807) is 0 Å². The Morgan fingerprint density at radius 1 is 1.14 bits per heavy atom. The van der Waals surface area contributed by atoms with Crippen molar-refractivity contribution in [2.24, 2.45) is 0 Å². The highest BCUT2D eigenvalue weighted by Crippen LogP contribution is 2.26. The van der Waals surface area contributed by atoms with Crippen molar-refractivity contribution < 1.29 is 4.84 Å². The van der Waals surface area contributed by atoms with Gasteiger partial charge in [-0.05, 0) is 32.4 Å². The average molecular weight is 289 g/mol. The van der Waals surface area contributed by atoms with E-state index in [4.69, 9.17) is 4.84 Å². The fraction of sp³-hybridized carbons (Fsp3) is 0.647. The zero-order valence-electron chi connectivity index (χ0n) is 13.1. The monoisotopic (exact) mass is 289 g/mol. The van der Waals surface area contributed by atoms with Crippen LogP contribution in [-0.4, -0.2) is 30.8 Å². The molecule has 2 aliphatic rings. The minimum Gasteiger partial charge on any atom is -0.290 e. The summed E-state index contributed by atoms with van der Waals surface area (Å²) in [5.41, 5.74) is 4.11. The number of benzene rings is 1. The first-order valence-corrected chi connectivity index (χ1v) is 8.14. The van der Waals surface area contributed by atoms with Gasteiger partial charge in [-0.15, -0.1) is 0 Å². The van der Waals surface area contributed by atoms with Gasteiger partial charge in [-0.2, -0.15) is 5.48 Å². The lowest BCUT2D eigenvalue weighted by Gasteiger charge is -2.44. The van der Waals surface area contributed by atoms with Crippen molar-refractivity contribution in [1.29, 1.82) is 0 Å². The third kappa shape index (κ3) is 3.29. The zero-order chi connectivity index (χ0) is 14.7. The van der Waals surface area contributed by atoms with E-state index in [0.717, 1.165) is 6.54 Å². The van der Waals surface area contributed by atoms with Crippen LogP contribution in [0, 0.1) is 0 Å². The Balaban J connectivity index is 1.59. The molecule has 1 aromatic rings. The Morgan fingerprint density at radius 3 is 2.48 bits per heavy atom. The average Bonchev–Trinajstić information content (AvgIpc) is 2.57. The lowest BCUT2D eigenvalue weighted by molar-refractivity contribution is -0.181. The fourth-order valence-electron chi connectivity index (χ4n) is 3.44. The van der Waals surface area contributed by atoms with E-state index >= 15 is 0 Å². The maximum Gasteiger partial charge on any atom is 0.144 e. The fourth-order valence-corrected chi connectivity index (χ4v) is 3.44. The van der Waals surface area contributed by atoms with Crippen molar-refractivity contribution in [3.05, 3.63) is 35.9 Å². The first-order valence-electron chi connectivity index (χ1n) is 8.14. The second-order valence-electron chi connectivity index (χ2n) is 6.50. The van der Waals surface area contributed by atoms with Gasteiger partial charge in [0.15, 0.2) is 0 Å². The van der Waals surface area contributed by atoms with Crippen LogP contribution >= 0.6 is 0 Å². The minimum absolute atomic E-state index is 0.102. The van der Waals surface area contributed by atoms with Gasteiger partial charge in [0.1, 0.15) is 11.9 Å². The van der Waals surface area contributed by atoms with Crippen LogP contribution in [0.3, 0.4) is 0 Å². The summed E-state index contributed by atoms with van der Waals surface area (Å²) in [6.07, 6.45) is 6.79. The third-order valence-corrected chi connectivity index (χ3v) is 4.99. The molecule has 0 spiro atoms. The topological polar surface area (TPSA) is 36.5 Å². The zero-order valence-corrected chi connectivity index (χ0v) is 13.1. The van der Waals surface area contributed by atoms with Crippen LogP contribution < -0.4 is 10.8 Å². The Hall–Kier alpha value is -0.940. The molecule has 1 heterocycles. The van der Waals surface area contributed by atoms with Crippen LogP contribution in [0.4, 0.5) is 0 Å². The molecule has 4 nitrogen and oxygen atoms in total. The summed E-state index contributed by atoms with van der Waals surface area (Å²) in [4.78, 5) is 8.37. The lowest BCUT2D eigenvalue weighted by Crippen LogP contribution is -2.64. The molecule has 4 heteroatoms. The van der Waals surface area contributed by atoms with Crippen LogP contribution in [0.5, 0.6) is 0 Å². The van der Waals surface area contributed by atoms with E-state index in [1.165, 1.54) is 37.7 Å². The van der Waals surface area contributed by atoms with Gasteiger partial charge in [-0.25, -0.2) is 0 Å². The van der Waals surface area contributed by atoms with Crippen molar-refractivity contribution in [1.82, 2.24) is 15.7 Å². The van der Waals surface area contributed by atoms with Crippen molar-refractivity contribution in [3.8, 4) is 0 Å². The smallest absolute Gasteiger partial charge is 0.144 e. The second-order valence-corrected chi connectivity index (χ2v) is 6.50. The Bertz CT molecular complexity index is 437. The molecule has 0 amide bonds. The molecular weight excluding hydrogens is 262 g/mol. The van der Waals surface area contributed by atoms with E-state index in [0.29, 0.717) is 6.04 Å². The molecule has 0 aromatic heterocycles. The van der Waals surface area contributed by atoms with Crippen LogP contribution in [-0.2, 0) is 10.5 Å². The summed E-state index contributed by atoms with van der Waals surface area (Å²) in [7, 11) is 2.19. The number of hydrogen-bond donors (Lipinski definition) is 2. The largest absolute Gasteiger partial charge is 0.290 e. The normalized spacial score (nSPS) is 31.5. The van der Waals surface area contributed by atoms with Crippen LogP contribution in [0.15, 0.2) is 30.3 Å². The quantitative estimate of drug-likeness (QED) is 0.897. The molecule has 0 bridgehead atoms. The highest BCUT2D eigenvalue weighted by molar-refractivity contribution is 5.22. The molecule has 1 aliphatic carbocycles. The molecule has 0 radical (unpaired) electrons. The standard InChI is InChI=1S/C17H27N3O/c1-17(14-9-5-3-6-10-14)18-13-16(21-19-17)20(2)15-11-7-4-8-12-15/h3,5-6,9-10,15-16,18-19H,4,7-8,11-13H2,1-2H3. The van der Waals surface area contributed by atoms with Gasteiger partial charge < -0.3 is 0 Å². The summed E-state index contributed by atoms with van der Waals surface area (Å²) < 4.78 is 0. The van der Waals surface area contributed by atoms with Crippen molar-refractivity contribution >= 4 is 0 Å². The summed E-state index contributed by atoms with van der Waals surface area (Å²) in [5, 5.41) is 3.60. The maximum atomic E-state index is 5.98. The van der Waals surface area contributed by atoms with E-state index in [9.17, 15) is 0 Å². The molecule has 3 rings (SSSR count). The molecule has 21 heavy (non-hydrogen) atoms. The Morgan fingerprint density at radius 2 is 1.86 bits per heavy atom. The van der Waals surface area contributed by atoms with E-state index in [-0.39, 0.29) is 11.9 Å². The second kappa shape index (κ2) is 6.44. The number of nitrogens with zero attached hydrogens (tertiary/aromatic N) is 1. The number of nitrogens with one attached hydrogen (secondary N) is 2. The number of likely N-dealkylation sites (N-methyl/N-ethyl adjacent to an activating group) is 1. The summed E-state index contributed by atoms with van der Waals surface area (Å²) in [6, 6.07) is 11.1. The van der Waals surface area contributed by atoms with E-state index in [1.807, 2.05) is 6.07 Å². The molecule has 1 aromatic carbocycles. The third-order valence-electron chi connectivity index (χ3n) is 4.99. The number of hydroxylamine groups is 1. The molecule has 2 fully saturated rings. The van der Waals surface area contributed by atoms with Gasteiger partial charge in [0.05, 0.1) is 0 Å². The highest BCUT2D eigenvalue weighted by Gasteiger charge is 2.35. The van der Waals surface area contributed by atoms with Gasteiger partial charge in [-0.1, -0.05) is 49.6 Å². The molecule has 1 saturated heterocycles. The molecule has 2 N–H and O–H groups in total. The summed E-state index contributed by atoms with van der Waals surface area (Å²) >= 11 is 0. The summed E-state index contributed by atoms with van der Waals surface area (Å²) in [5.74, 6) is 0. The molecular formula is C17H27N3O. The molecule has 1 aliphatic heterocycles. The number of hydrogen-bond acceptors (Lipinski definition) is 4. The predicted molar refractivity (Wildman–Crippen MR) is 84.4 cm³/mol.